The van der Waals surface area contributed by atoms with Gasteiger partial charge in [0.25, 0.3) is 0 Å². The third kappa shape index (κ3) is 5.37. The number of alkyl carbamates (subject to hydrolysis) is 1. The highest BCUT2D eigenvalue weighted by molar-refractivity contribution is 5.69. The Morgan fingerprint density at radius 1 is 1.16 bits per heavy atom. The summed E-state index contributed by atoms with van der Waals surface area (Å²) in [4.78, 5) is 28.4. The van der Waals surface area contributed by atoms with Gasteiger partial charge in [-0.2, -0.15) is 0 Å². The molecule has 1 unspecified atom stereocenters. The molecule has 3 atom stereocenters. The number of carboxylic acid groups (broad SMARTS) is 1. The van der Waals surface area contributed by atoms with Crippen LogP contribution in [0.5, 0.6) is 0 Å². The van der Waals surface area contributed by atoms with Crippen molar-refractivity contribution in [3.05, 3.63) is 65.0 Å². The number of carboxylic acids is 1. The third-order valence-electron chi connectivity index (χ3n) is 5.30. The number of amides is 1. The van der Waals surface area contributed by atoms with Crippen molar-refractivity contribution in [3.8, 4) is 0 Å². The summed E-state index contributed by atoms with van der Waals surface area (Å²) < 4.78 is 34.2. The van der Waals surface area contributed by atoms with Crippen molar-refractivity contribution in [2.45, 2.75) is 63.5 Å². The van der Waals surface area contributed by atoms with Crippen LogP contribution in [0.4, 0.5) is 13.6 Å². The molecule has 31 heavy (non-hydrogen) atoms. The minimum atomic E-state index is -0.981. The van der Waals surface area contributed by atoms with Gasteiger partial charge in [-0.05, 0) is 56.9 Å². The van der Waals surface area contributed by atoms with Gasteiger partial charge in [0.2, 0.25) is 0 Å². The SMILES string of the molecule is CC(C)(C)OC(=O)N[C@@H]1c2cccnc2C(CC(=O)O)CC[C@H]1c1cccc(F)c1F. The monoisotopic (exact) mass is 432 g/mol. The van der Waals surface area contributed by atoms with Crippen molar-refractivity contribution in [3.63, 3.8) is 0 Å². The van der Waals surface area contributed by atoms with Gasteiger partial charge in [0.1, 0.15) is 5.60 Å². The molecule has 2 aromatic rings. The first-order valence-electron chi connectivity index (χ1n) is 10.2. The average Bonchev–Trinajstić information content (AvgIpc) is 2.80. The molecule has 6 nitrogen and oxygen atoms in total. The molecule has 8 heteroatoms. The summed E-state index contributed by atoms with van der Waals surface area (Å²) >= 11 is 0. The third-order valence-corrected chi connectivity index (χ3v) is 5.30. The first-order valence-corrected chi connectivity index (χ1v) is 10.2. The maximum atomic E-state index is 14.8. The van der Waals surface area contributed by atoms with Crippen LogP contribution in [0.2, 0.25) is 0 Å². The minimum absolute atomic E-state index is 0.117. The number of aliphatic carboxylic acids is 1. The number of nitrogens with zero attached hydrogens (tertiary/aromatic N) is 1. The van der Waals surface area contributed by atoms with Gasteiger partial charge < -0.3 is 15.2 Å². The zero-order chi connectivity index (χ0) is 22.8. The van der Waals surface area contributed by atoms with Gasteiger partial charge in [-0.3, -0.25) is 9.78 Å². The number of carbonyl (C=O) groups is 2. The summed E-state index contributed by atoms with van der Waals surface area (Å²) in [6.45, 7) is 5.17. The molecule has 3 rings (SSSR count). The van der Waals surface area contributed by atoms with Crippen molar-refractivity contribution in [1.29, 1.82) is 0 Å². The predicted octanol–water partition coefficient (Wildman–Crippen LogP) is 5.06. The quantitative estimate of drug-likeness (QED) is 0.659. The number of benzene rings is 1. The van der Waals surface area contributed by atoms with E-state index in [1.54, 1.807) is 39.1 Å². The normalized spacial score (nSPS) is 21.0. The van der Waals surface area contributed by atoms with Crippen LogP contribution in [0.25, 0.3) is 0 Å². The van der Waals surface area contributed by atoms with E-state index < -0.39 is 47.2 Å². The molecular weight excluding hydrogens is 406 g/mol. The van der Waals surface area contributed by atoms with E-state index in [9.17, 15) is 23.5 Å². The van der Waals surface area contributed by atoms with E-state index in [1.165, 1.54) is 12.1 Å². The number of pyridine rings is 1. The number of aromatic nitrogens is 1. The van der Waals surface area contributed by atoms with Gasteiger partial charge in [-0.25, -0.2) is 13.6 Å². The Balaban J connectivity index is 2.10. The van der Waals surface area contributed by atoms with Crippen LogP contribution in [0.1, 0.15) is 74.7 Å². The Morgan fingerprint density at radius 2 is 1.87 bits per heavy atom. The highest BCUT2D eigenvalue weighted by atomic mass is 19.2. The summed E-state index contributed by atoms with van der Waals surface area (Å²) in [7, 11) is 0. The molecule has 1 amide bonds. The second-order valence-electron chi connectivity index (χ2n) is 8.72. The largest absolute Gasteiger partial charge is 0.481 e. The maximum absolute atomic E-state index is 14.8. The highest BCUT2D eigenvalue weighted by Crippen LogP contribution is 2.45. The first-order chi connectivity index (χ1) is 14.6. The lowest BCUT2D eigenvalue weighted by atomic mass is 9.85. The van der Waals surface area contributed by atoms with Gasteiger partial charge in [0.15, 0.2) is 11.6 Å². The molecule has 166 valence electrons. The van der Waals surface area contributed by atoms with E-state index in [-0.39, 0.29) is 12.0 Å². The zero-order valence-corrected chi connectivity index (χ0v) is 17.7. The number of hydrogen-bond donors (Lipinski definition) is 2. The number of halogens is 2. The van der Waals surface area contributed by atoms with Crippen LogP contribution in [-0.2, 0) is 9.53 Å². The standard InChI is InChI=1S/C23H26F2N2O4/c1-23(2,3)31-22(30)27-21-15(14-6-4-8-17(24)19(14)25)10-9-13(12-18(28)29)20-16(21)7-5-11-26-20/h4-8,11,13,15,21H,9-10,12H2,1-3H3,(H,27,30)(H,28,29)/t13?,15-,21-/m0/s1. The molecule has 1 aliphatic carbocycles. The second kappa shape index (κ2) is 8.99. The van der Waals surface area contributed by atoms with E-state index >= 15 is 0 Å². The second-order valence-corrected chi connectivity index (χ2v) is 8.72. The molecule has 2 N–H and O–H groups in total. The number of carbonyl (C=O) groups excluding carboxylic acids is 1. The van der Waals surface area contributed by atoms with Crippen LogP contribution in [-0.4, -0.2) is 27.8 Å². The summed E-state index contributed by atoms with van der Waals surface area (Å²) in [6.07, 6.45) is 1.42. The molecular formula is C23H26F2N2O4. The Kier molecular flexibility index (Phi) is 6.57. The molecule has 0 bridgehead atoms. The fourth-order valence-electron chi connectivity index (χ4n) is 4.10. The van der Waals surface area contributed by atoms with E-state index in [4.69, 9.17) is 4.74 Å². The summed E-state index contributed by atoms with van der Waals surface area (Å²) in [5.74, 6) is -3.99. The van der Waals surface area contributed by atoms with Crippen LogP contribution in [0, 0.1) is 11.6 Å². The molecule has 0 spiro atoms. The van der Waals surface area contributed by atoms with Gasteiger partial charge in [0, 0.05) is 23.7 Å². The summed E-state index contributed by atoms with van der Waals surface area (Å²) in [5.41, 5.74) is 0.473. The molecule has 0 fully saturated rings. The van der Waals surface area contributed by atoms with Crippen LogP contribution < -0.4 is 5.32 Å². The number of hydrogen-bond acceptors (Lipinski definition) is 4. The predicted molar refractivity (Wildman–Crippen MR) is 110 cm³/mol. The smallest absolute Gasteiger partial charge is 0.408 e. The lowest BCUT2D eigenvalue weighted by Crippen LogP contribution is -2.37. The van der Waals surface area contributed by atoms with E-state index in [2.05, 4.69) is 10.3 Å². The molecule has 0 saturated heterocycles. The summed E-state index contributed by atoms with van der Waals surface area (Å²) in [6, 6.07) is 6.57. The van der Waals surface area contributed by atoms with Crippen LogP contribution in [0.15, 0.2) is 36.5 Å². The Morgan fingerprint density at radius 3 is 2.55 bits per heavy atom. The van der Waals surface area contributed by atoms with E-state index in [1.807, 2.05) is 0 Å². The lowest BCUT2D eigenvalue weighted by Gasteiger charge is -2.29. The van der Waals surface area contributed by atoms with Crippen molar-refractivity contribution >= 4 is 12.1 Å². The number of rotatable bonds is 4. The average molecular weight is 432 g/mol. The summed E-state index contributed by atoms with van der Waals surface area (Å²) in [5, 5.41) is 12.2. The Hall–Kier alpha value is -3.03. The molecule has 0 aliphatic heterocycles. The number of fused-ring (bicyclic) bond motifs is 1. The fraction of sp³-hybridized carbons (Fsp3) is 0.435. The molecule has 0 radical (unpaired) electrons. The van der Waals surface area contributed by atoms with Crippen molar-refractivity contribution in [2.75, 3.05) is 0 Å². The van der Waals surface area contributed by atoms with Gasteiger partial charge in [0.05, 0.1) is 12.5 Å². The maximum Gasteiger partial charge on any atom is 0.408 e. The molecule has 0 saturated carbocycles. The van der Waals surface area contributed by atoms with Crippen LogP contribution in [0.3, 0.4) is 0 Å². The van der Waals surface area contributed by atoms with Crippen molar-refractivity contribution in [1.82, 2.24) is 10.3 Å². The minimum Gasteiger partial charge on any atom is -0.481 e. The topological polar surface area (TPSA) is 88.5 Å². The van der Waals surface area contributed by atoms with E-state index in [0.29, 0.717) is 24.1 Å². The highest BCUT2D eigenvalue weighted by Gasteiger charge is 2.37. The Bertz CT molecular complexity index is 974. The van der Waals surface area contributed by atoms with Gasteiger partial charge in [-0.1, -0.05) is 18.2 Å². The molecule has 1 aromatic heterocycles. The lowest BCUT2D eigenvalue weighted by molar-refractivity contribution is -0.137. The zero-order valence-electron chi connectivity index (χ0n) is 17.7. The molecule has 1 heterocycles. The number of ether oxygens (including phenoxy) is 1. The van der Waals surface area contributed by atoms with Gasteiger partial charge >= 0.3 is 12.1 Å². The van der Waals surface area contributed by atoms with Crippen molar-refractivity contribution in [2.24, 2.45) is 0 Å². The first kappa shape index (κ1) is 22.7. The Labute approximate surface area is 179 Å². The van der Waals surface area contributed by atoms with Crippen molar-refractivity contribution < 1.29 is 28.2 Å². The molecule has 1 aromatic carbocycles. The fourth-order valence-corrected chi connectivity index (χ4v) is 4.10. The van der Waals surface area contributed by atoms with Crippen LogP contribution >= 0.6 is 0 Å². The molecule has 1 aliphatic rings. The van der Waals surface area contributed by atoms with Gasteiger partial charge in [-0.15, -0.1) is 0 Å². The van der Waals surface area contributed by atoms with E-state index in [0.717, 1.165) is 6.07 Å². The number of nitrogens with one attached hydrogen (secondary N) is 1.